The van der Waals surface area contributed by atoms with Crippen LogP contribution in [0.25, 0.3) is 0 Å². The maximum Gasteiger partial charge on any atom is 0.425 e. The summed E-state index contributed by atoms with van der Waals surface area (Å²) in [5.74, 6) is 0. The third-order valence-corrected chi connectivity index (χ3v) is 2.46. The minimum atomic E-state index is -0.283. The van der Waals surface area contributed by atoms with E-state index in [0.717, 1.165) is 5.56 Å². The standard InChI is InChI=1S/C11H14N2O2/c1-12(2)13-10(8-15-11(13)14)9-6-4-3-5-7-9/h3-7,10H,8H2,1-2H3. The number of hydrogen-bond donors (Lipinski definition) is 0. The quantitative estimate of drug-likeness (QED) is 0.737. The number of carbonyl (C=O) groups excluding carboxylic acids is 1. The number of ether oxygens (including phenoxy) is 1. The molecule has 1 fully saturated rings. The van der Waals surface area contributed by atoms with Gasteiger partial charge < -0.3 is 4.74 Å². The summed E-state index contributed by atoms with van der Waals surface area (Å²) in [7, 11) is 3.67. The summed E-state index contributed by atoms with van der Waals surface area (Å²) in [6.07, 6.45) is -0.283. The topological polar surface area (TPSA) is 32.8 Å². The van der Waals surface area contributed by atoms with Crippen molar-refractivity contribution in [3.05, 3.63) is 35.9 Å². The van der Waals surface area contributed by atoms with Gasteiger partial charge in [0.2, 0.25) is 0 Å². The monoisotopic (exact) mass is 206 g/mol. The number of hydrazine groups is 1. The Kier molecular flexibility index (Phi) is 2.60. The molecule has 1 aliphatic rings. The van der Waals surface area contributed by atoms with E-state index >= 15 is 0 Å². The van der Waals surface area contributed by atoms with Crippen LogP contribution in [0.4, 0.5) is 4.79 Å². The first kappa shape index (κ1) is 9.98. The van der Waals surface area contributed by atoms with Gasteiger partial charge in [-0.3, -0.25) is 0 Å². The van der Waals surface area contributed by atoms with E-state index in [4.69, 9.17) is 4.74 Å². The summed E-state index contributed by atoms with van der Waals surface area (Å²) in [6.45, 7) is 0.418. The molecule has 1 saturated heterocycles. The van der Waals surface area contributed by atoms with Crippen molar-refractivity contribution < 1.29 is 9.53 Å². The molecule has 1 aromatic carbocycles. The molecule has 1 amide bonds. The highest BCUT2D eigenvalue weighted by Crippen LogP contribution is 2.27. The van der Waals surface area contributed by atoms with E-state index in [1.807, 2.05) is 44.4 Å². The number of hydrogen-bond acceptors (Lipinski definition) is 3. The fourth-order valence-electron chi connectivity index (χ4n) is 1.77. The van der Waals surface area contributed by atoms with Crippen LogP contribution in [0.5, 0.6) is 0 Å². The van der Waals surface area contributed by atoms with Gasteiger partial charge in [0.15, 0.2) is 0 Å². The molecule has 1 aliphatic heterocycles. The van der Waals surface area contributed by atoms with Gasteiger partial charge in [-0.2, -0.15) is 0 Å². The van der Waals surface area contributed by atoms with Gasteiger partial charge in [-0.05, 0) is 5.56 Å². The maximum absolute atomic E-state index is 11.5. The first-order chi connectivity index (χ1) is 7.20. The highest BCUT2D eigenvalue weighted by molar-refractivity contribution is 5.69. The van der Waals surface area contributed by atoms with E-state index in [9.17, 15) is 4.79 Å². The van der Waals surface area contributed by atoms with E-state index in [2.05, 4.69) is 0 Å². The molecule has 15 heavy (non-hydrogen) atoms. The Morgan fingerprint density at radius 2 is 2.00 bits per heavy atom. The summed E-state index contributed by atoms with van der Waals surface area (Å²) in [5, 5.41) is 3.38. The molecule has 0 N–H and O–H groups in total. The molecular weight excluding hydrogens is 192 g/mol. The van der Waals surface area contributed by atoms with Gasteiger partial charge in [-0.25, -0.2) is 14.8 Å². The molecule has 1 unspecified atom stereocenters. The molecule has 1 atom stereocenters. The van der Waals surface area contributed by atoms with Crippen molar-refractivity contribution in [2.45, 2.75) is 6.04 Å². The molecule has 0 aromatic heterocycles. The fraction of sp³-hybridized carbons (Fsp3) is 0.364. The zero-order chi connectivity index (χ0) is 10.8. The predicted molar refractivity (Wildman–Crippen MR) is 56.1 cm³/mol. The third-order valence-electron chi connectivity index (χ3n) is 2.46. The van der Waals surface area contributed by atoms with Gasteiger partial charge in [0, 0.05) is 14.1 Å². The molecule has 1 aromatic rings. The SMILES string of the molecule is CN(C)N1C(=O)OCC1c1ccccc1. The van der Waals surface area contributed by atoms with E-state index in [-0.39, 0.29) is 12.1 Å². The summed E-state index contributed by atoms with van der Waals surface area (Å²) >= 11 is 0. The minimum Gasteiger partial charge on any atom is -0.446 e. The molecule has 0 spiro atoms. The lowest BCUT2D eigenvalue weighted by Crippen LogP contribution is -2.39. The maximum atomic E-state index is 11.5. The molecule has 4 nitrogen and oxygen atoms in total. The van der Waals surface area contributed by atoms with Crippen LogP contribution in [0.15, 0.2) is 30.3 Å². The van der Waals surface area contributed by atoms with E-state index in [1.165, 1.54) is 0 Å². The highest BCUT2D eigenvalue weighted by atomic mass is 16.6. The number of benzene rings is 1. The van der Waals surface area contributed by atoms with Crippen molar-refractivity contribution in [1.29, 1.82) is 0 Å². The third kappa shape index (κ3) is 1.80. The highest BCUT2D eigenvalue weighted by Gasteiger charge is 2.35. The second kappa shape index (κ2) is 3.90. The molecule has 0 bridgehead atoms. The average molecular weight is 206 g/mol. The van der Waals surface area contributed by atoms with Gasteiger partial charge in [0.1, 0.15) is 12.6 Å². The Hall–Kier alpha value is -1.55. The second-order valence-corrected chi connectivity index (χ2v) is 3.70. The average Bonchev–Trinajstić information content (AvgIpc) is 2.61. The first-order valence-corrected chi connectivity index (χ1v) is 4.88. The summed E-state index contributed by atoms with van der Waals surface area (Å²) in [4.78, 5) is 11.5. The summed E-state index contributed by atoms with van der Waals surface area (Å²) in [6, 6.07) is 9.89. The van der Waals surface area contributed by atoms with Crippen LogP contribution in [0.2, 0.25) is 0 Å². The zero-order valence-corrected chi connectivity index (χ0v) is 8.88. The van der Waals surface area contributed by atoms with E-state index in [0.29, 0.717) is 6.61 Å². The number of nitrogens with zero attached hydrogens (tertiary/aromatic N) is 2. The lowest BCUT2D eigenvalue weighted by atomic mass is 10.1. The lowest BCUT2D eigenvalue weighted by molar-refractivity contribution is 0.0445. The molecule has 0 aliphatic carbocycles. The molecule has 1 heterocycles. The van der Waals surface area contributed by atoms with Crippen molar-refractivity contribution in [3.63, 3.8) is 0 Å². The van der Waals surface area contributed by atoms with Gasteiger partial charge in [0.25, 0.3) is 0 Å². The second-order valence-electron chi connectivity index (χ2n) is 3.70. The Morgan fingerprint density at radius 1 is 1.33 bits per heavy atom. The van der Waals surface area contributed by atoms with Crippen LogP contribution in [0.1, 0.15) is 11.6 Å². The molecular formula is C11H14N2O2. The van der Waals surface area contributed by atoms with Crippen LogP contribution in [0, 0.1) is 0 Å². The van der Waals surface area contributed by atoms with E-state index in [1.54, 1.807) is 10.0 Å². The van der Waals surface area contributed by atoms with Gasteiger partial charge >= 0.3 is 6.09 Å². The van der Waals surface area contributed by atoms with Crippen LogP contribution in [-0.2, 0) is 4.74 Å². The predicted octanol–water partition coefficient (Wildman–Crippen LogP) is 1.66. The van der Waals surface area contributed by atoms with Crippen LogP contribution in [-0.4, -0.2) is 36.8 Å². The normalized spacial score (nSPS) is 20.9. The molecule has 80 valence electrons. The Labute approximate surface area is 89.0 Å². The molecule has 4 heteroatoms. The Morgan fingerprint density at radius 3 is 2.60 bits per heavy atom. The van der Waals surface area contributed by atoms with Crippen molar-refractivity contribution in [2.75, 3.05) is 20.7 Å². The minimum absolute atomic E-state index is 0.00583. The van der Waals surface area contributed by atoms with Crippen molar-refractivity contribution >= 4 is 6.09 Å². The smallest absolute Gasteiger partial charge is 0.425 e. The van der Waals surface area contributed by atoms with Gasteiger partial charge in [0.05, 0.1) is 0 Å². The summed E-state index contributed by atoms with van der Waals surface area (Å²) < 4.78 is 5.04. The van der Waals surface area contributed by atoms with E-state index < -0.39 is 0 Å². The fourth-order valence-corrected chi connectivity index (χ4v) is 1.77. The molecule has 0 saturated carbocycles. The number of rotatable bonds is 2. The molecule has 0 radical (unpaired) electrons. The van der Waals surface area contributed by atoms with Crippen LogP contribution < -0.4 is 0 Å². The van der Waals surface area contributed by atoms with Gasteiger partial charge in [-0.1, -0.05) is 30.3 Å². The number of amides is 1. The molecule has 2 rings (SSSR count). The van der Waals surface area contributed by atoms with Crippen LogP contribution >= 0.6 is 0 Å². The zero-order valence-electron chi connectivity index (χ0n) is 8.88. The first-order valence-electron chi connectivity index (χ1n) is 4.88. The van der Waals surface area contributed by atoms with Crippen molar-refractivity contribution in [1.82, 2.24) is 10.0 Å². The Bertz CT molecular complexity index is 351. The van der Waals surface area contributed by atoms with Crippen LogP contribution in [0.3, 0.4) is 0 Å². The van der Waals surface area contributed by atoms with Crippen molar-refractivity contribution in [2.24, 2.45) is 0 Å². The lowest BCUT2D eigenvalue weighted by Gasteiger charge is -2.27. The Balaban J connectivity index is 2.26. The number of cyclic esters (lactones) is 1. The van der Waals surface area contributed by atoms with Gasteiger partial charge in [-0.15, -0.1) is 0 Å². The van der Waals surface area contributed by atoms with Crippen molar-refractivity contribution in [3.8, 4) is 0 Å². The summed E-state index contributed by atoms with van der Waals surface area (Å²) in [5.41, 5.74) is 1.09. The number of carbonyl (C=O) groups is 1. The largest absolute Gasteiger partial charge is 0.446 e.